The van der Waals surface area contributed by atoms with Crippen molar-refractivity contribution in [3.63, 3.8) is 0 Å². The second kappa shape index (κ2) is 6.38. The molecule has 0 bridgehead atoms. The highest BCUT2D eigenvalue weighted by Crippen LogP contribution is 2.22. The Bertz CT molecular complexity index is 411. The molecule has 2 nitrogen and oxygen atoms in total. The lowest BCUT2D eigenvalue weighted by Gasteiger charge is -2.35. The number of benzene rings is 1. The van der Waals surface area contributed by atoms with Crippen LogP contribution in [-0.2, 0) is 6.54 Å². The molecule has 1 N–H and O–H groups in total. The van der Waals surface area contributed by atoms with Crippen molar-refractivity contribution in [1.82, 2.24) is 10.2 Å². The molecule has 0 aromatic heterocycles. The lowest BCUT2D eigenvalue weighted by atomic mass is 9.94. The Labute approximate surface area is 123 Å². The molecule has 2 atom stereocenters. The molecule has 0 radical (unpaired) electrons. The maximum atomic E-state index is 6.20. The third-order valence-corrected chi connectivity index (χ3v) is 4.53. The van der Waals surface area contributed by atoms with Gasteiger partial charge in [-0.05, 0) is 49.7 Å². The van der Waals surface area contributed by atoms with Crippen LogP contribution in [0.5, 0.6) is 0 Å². The molecule has 1 aliphatic heterocycles. The molecular weight excluding hydrogens is 312 g/mol. The van der Waals surface area contributed by atoms with Crippen molar-refractivity contribution < 1.29 is 0 Å². The van der Waals surface area contributed by atoms with E-state index in [-0.39, 0.29) is 0 Å². The summed E-state index contributed by atoms with van der Waals surface area (Å²) in [4.78, 5) is 2.40. The maximum Gasteiger partial charge on any atom is 0.0451 e. The Morgan fingerprint density at radius 3 is 3.00 bits per heavy atom. The summed E-state index contributed by atoms with van der Waals surface area (Å²) >= 11 is 9.69. The van der Waals surface area contributed by atoms with Gasteiger partial charge in [0.2, 0.25) is 0 Å². The Morgan fingerprint density at radius 1 is 1.50 bits per heavy atom. The quantitative estimate of drug-likeness (QED) is 0.911. The predicted molar refractivity (Wildman–Crippen MR) is 81.1 cm³/mol. The van der Waals surface area contributed by atoms with Crippen LogP contribution in [0.3, 0.4) is 0 Å². The van der Waals surface area contributed by atoms with Gasteiger partial charge in [0.25, 0.3) is 0 Å². The van der Waals surface area contributed by atoms with E-state index < -0.39 is 0 Å². The number of nitrogens with zero attached hydrogens (tertiary/aromatic N) is 1. The highest BCUT2D eigenvalue weighted by Gasteiger charge is 2.23. The third kappa shape index (κ3) is 3.70. The first-order chi connectivity index (χ1) is 8.56. The monoisotopic (exact) mass is 330 g/mol. The zero-order valence-corrected chi connectivity index (χ0v) is 13.3. The minimum Gasteiger partial charge on any atom is -0.310 e. The lowest BCUT2D eigenvalue weighted by molar-refractivity contribution is 0.174. The standard InChI is InChI=1S/C14H20BrClN2/c1-10-9-18(2)6-5-14(10)17-8-11-7-12(15)3-4-13(11)16/h3-4,7,10,14,17H,5-6,8-9H2,1-2H3. The van der Waals surface area contributed by atoms with E-state index in [4.69, 9.17) is 11.6 Å². The Balaban J connectivity index is 1.93. The maximum absolute atomic E-state index is 6.20. The summed E-state index contributed by atoms with van der Waals surface area (Å²) in [5.41, 5.74) is 1.16. The molecule has 2 unspecified atom stereocenters. The fourth-order valence-electron chi connectivity index (χ4n) is 2.58. The average Bonchev–Trinajstić information content (AvgIpc) is 2.32. The summed E-state index contributed by atoms with van der Waals surface area (Å²) in [6.45, 7) is 5.50. The fraction of sp³-hybridized carbons (Fsp3) is 0.571. The van der Waals surface area contributed by atoms with Crippen LogP contribution >= 0.6 is 27.5 Å². The molecule has 1 aromatic rings. The van der Waals surface area contributed by atoms with Crippen molar-refractivity contribution in [2.24, 2.45) is 5.92 Å². The molecule has 0 spiro atoms. The first-order valence-corrected chi connectivity index (χ1v) is 7.59. The van der Waals surface area contributed by atoms with Crippen LogP contribution < -0.4 is 5.32 Å². The highest BCUT2D eigenvalue weighted by atomic mass is 79.9. The van der Waals surface area contributed by atoms with Gasteiger partial charge in [-0.2, -0.15) is 0 Å². The molecule has 1 aliphatic rings. The number of hydrogen-bond acceptors (Lipinski definition) is 2. The molecule has 1 fully saturated rings. The van der Waals surface area contributed by atoms with E-state index >= 15 is 0 Å². The zero-order chi connectivity index (χ0) is 13.1. The van der Waals surface area contributed by atoms with Gasteiger partial charge in [-0.3, -0.25) is 0 Å². The van der Waals surface area contributed by atoms with Crippen molar-refractivity contribution in [1.29, 1.82) is 0 Å². The molecule has 1 saturated heterocycles. The number of likely N-dealkylation sites (tertiary alicyclic amines) is 1. The highest BCUT2D eigenvalue weighted by molar-refractivity contribution is 9.10. The van der Waals surface area contributed by atoms with Crippen LogP contribution in [-0.4, -0.2) is 31.1 Å². The molecular formula is C14H20BrClN2. The molecule has 100 valence electrons. The van der Waals surface area contributed by atoms with Crippen molar-refractivity contribution in [2.45, 2.75) is 25.9 Å². The summed E-state index contributed by atoms with van der Waals surface area (Å²) in [5.74, 6) is 0.690. The molecule has 1 aromatic carbocycles. The van der Waals surface area contributed by atoms with Gasteiger partial charge in [0.05, 0.1) is 0 Å². The summed E-state index contributed by atoms with van der Waals surface area (Å²) in [7, 11) is 2.19. The van der Waals surface area contributed by atoms with E-state index in [2.05, 4.69) is 46.2 Å². The number of halogens is 2. The van der Waals surface area contributed by atoms with Gasteiger partial charge in [-0.25, -0.2) is 0 Å². The van der Waals surface area contributed by atoms with Crippen LogP contribution in [0, 0.1) is 5.92 Å². The van der Waals surface area contributed by atoms with Crippen LogP contribution in [0.1, 0.15) is 18.9 Å². The zero-order valence-electron chi connectivity index (χ0n) is 10.9. The van der Waals surface area contributed by atoms with E-state index in [9.17, 15) is 0 Å². The predicted octanol–water partition coefficient (Wildman–Crippen LogP) is 3.53. The molecule has 0 amide bonds. The van der Waals surface area contributed by atoms with E-state index in [1.165, 1.54) is 19.5 Å². The minimum atomic E-state index is 0.594. The minimum absolute atomic E-state index is 0.594. The smallest absolute Gasteiger partial charge is 0.0451 e. The van der Waals surface area contributed by atoms with Crippen molar-refractivity contribution in [3.8, 4) is 0 Å². The largest absolute Gasteiger partial charge is 0.310 e. The fourth-order valence-corrected chi connectivity index (χ4v) is 3.17. The first kappa shape index (κ1) is 14.3. The Kier molecular flexibility index (Phi) is 5.07. The molecule has 0 saturated carbocycles. The SMILES string of the molecule is CC1CN(C)CCC1NCc1cc(Br)ccc1Cl. The number of hydrogen-bond donors (Lipinski definition) is 1. The van der Waals surface area contributed by atoms with E-state index in [0.717, 1.165) is 21.6 Å². The molecule has 18 heavy (non-hydrogen) atoms. The van der Waals surface area contributed by atoms with Gasteiger partial charge in [0.1, 0.15) is 0 Å². The number of rotatable bonds is 3. The van der Waals surface area contributed by atoms with Gasteiger partial charge in [0.15, 0.2) is 0 Å². The van der Waals surface area contributed by atoms with Gasteiger partial charge < -0.3 is 10.2 Å². The van der Waals surface area contributed by atoms with Gasteiger partial charge >= 0.3 is 0 Å². The second-order valence-corrected chi connectivity index (χ2v) is 6.57. The van der Waals surface area contributed by atoms with Crippen LogP contribution in [0.15, 0.2) is 22.7 Å². The number of nitrogens with one attached hydrogen (secondary N) is 1. The Hall–Kier alpha value is -0.0900. The molecule has 2 rings (SSSR count). The molecule has 1 heterocycles. The average molecular weight is 332 g/mol. The lowest BCUT2D eigenvalue weighted by Crippen LogP contribution is -2.46. The van der Waals surface area contributed by atoms with Crippen LogP contribution in [0.2, 0.25) is 5.02 Å². The molecule has 4 heteroatoms. The number of piperidine rings is 1. The van der Waals surface area contributed by atoms with Gasteiger partial charge in [-0.15, -0.1) is 0 Å². The summed E-state index contributed by atoms with van der Waals surface area (Å²) in [6.07, 6.45) is 1.21. The topological polar surface area (TPSA) is 15.3 Å². The van der Waals surface area contributed by atoms with Crippen molar-refractivity contribution in [2.75, 3.05) is 20.1 Å². The van der Waals surface area contributed by atoms with Gasteiger partial charge in [-0.1, -0.05) is 34.5 Å². The van der Waals surface area contributed by atoms with E-state index in [1.807, 2.05) is 12.1 Å². The first-order valence-electron chi connectivity index (χ1n) is 6.42. The van der Waals surface area contributed by atoms with Gasteiger partial charge in [0, 0.05) is 28.6 Å². The second-order valence-electron chi connectivity index (χ2n) is 5.25. The summed E-state index contributed by atoms with van der Waals surface area (Å²) < 4.78 is 1.08. The van der Waals surface area contributed by atoms with E-state index in [0.29, 0.717) is 12.0 Å². The van der Waals surface area contributed by atoms with Crippen molar-refractivity contribution in [3.05, 3.63) is 33.3 Å². The van der Waals surface area contributed by atoms with Crippen molar-refractivity contribution >= 4 is 27.5 Å². The molecule has 0 aliphatic carbocycles. The normalized spacial score (nSPS) is 25.3. The summed E-state index contributed by atoms with van der Waals surface area (Å²) in [5, 5.41) is 4.48. The van der Waals surface area contributed by atoms with E-state index in [1.54, 1.807) is 0 Å². The van der Waals surface area contributed by atoms with Crippen LogP contribution in [0.25, 0.3) is 0 Å². The van der Waals surface area contributed by atoms with Crippen LogP contribution in [0.4, 0.5) is 0 Å². The Morgan fingerprint density at radius 2 is 2.28 bits per heavy atom. The summed E-state index contributed by atoms with van der Waals surface area (Å²) in [6, 6.07) is 6.61. The third-order valence-electron chi connectivity index (χ3n) is 3.67.